The van der Waals surface area contributed by atoms with Crippen molar-refractivity contribution in [1.29, 1.82) is 0 Å². The van der Waals surface area contributed by atoms with Gasteiger partial charge in [-0.2, -0.15) is 0 Å². The molecule has 0 radical (unpaired) electrons. The molecule has 2 aromatic rings. The molecule has 3 atom stereocenters. The number of aliphatic hydroxyl groups excluding tert-OH is 3. The van der Waals surface area contributed by atoms with Crippen LogP contribution >= 0.6 is 0 Å². The lowest BCUT2D eigenvalue weighted by Crippen LogP contribution is -2.51. The van der Waals surface area contributed by atoms with Crippen LogP contribution in [-0.2, 0) is 13.0 Å². The fourth-order valence-corrected chi connectivity index (χ4v) is 6.32. The Morgan fingerprint density at radius 2 is 1.85 bits per heavy atom. The van der Waals surface area contributed by atoms with Crippen molar-refractivity contribution in [3.63, 3.8) is 0 Å². The monoisotopic (exact) mass is 373 g/mol. The van der Waals surface area contributed by atoms with E-state index in [2.05, 4.69) is 44.9 Å². The van der Waals surface area contributed by atoms with Crippen LogP contribution in [0.25, 0.3) is 10.9 Å². The fourth-order valence-electron chi connectivity index (χ4n) is 4.05. The molecule has 5 heteroatoms. The lowest BCUT2D eigenvalue weighted by atomic mass is 9.79. The van der Waals surface area contributed by atoms with Gasteiger partial charge in [-0.1, -0.05) is 52.0 Å². The van der Waals surface area contributed by atoms with Crippen LogP contribution in [0.5, 0.6) is 0 Å². The number of hydrogen-bond donors (Lipinski definition) is 3. The third-order valence-corrected chi connectivity index (χ3v) is 12.4. The SMILES string of the molecule is CC1c2cnc3ccc([Si](C)(C)C(C)(C)C)c(CO)c3c2CC(O)C1O. The van der Waals surface area contributed by atoms with E-state index in [4.69, 9.17) is 0 Å². The van der Waals surface area contributed by atoms with Crippen molar-refractivity contribution >= 4 is 24.2 Å². The van der Waals surface area contributed by atoms with Crippen molar-refractivity contribution in [2.24, 2.45) is 0 Å². The zero-order valence-electron chi connectivity index (χ0n) is 16.7. The highest BCUT2D eigenvalue weighted by molar-refractivity contribution is 6.92. The normalized spacial score (nSPS) is 24.0. The van der Waals surface area contributed by atoms with Gasteiger partial charge < -0.3 is 15.3 Å². The highest BCUT2D eigenvalue weighted by Crippen LogP contribution is 2.40. The Morgan fingerprint density at radius 3 is 2.42 bits per heavy atom. The fraction of sp³-hybridized carbons (Fsp3) is 0.571. The molecule has 0 bridgehead atoms. The van der Waals surface area contributed by atoms with E-state index in [0.717, 1.165) is 27.6 Å². The highest BCUT2D eigenvalue weighted by atomic mass is 28.3. The summed E-state index contributed by atoms with van der Waals surface area (Å²) in [6.45, 7) is 13.4. The van der Waals surface area contributed by atoms with Gasteiger partial charge in [0.15, 0.2) is 0 Å². The summed E-state index contributed by atoms with van der Waals surface area (Å²) >= 11 is 0. The zero-order chi connectivity index (χ0) is 19.4. The second-order valence-corrected chi connectivity index (χ2v) is 14.6. The molecule has 3 N–H and O–H groups in total. The van der Waals surface area contributed by atoms with Gasteiger partial charge in [0.25, 0.3) is 0 Å². The number of fused-ring (bicyclic) bond motifs is 3. The molecular weight excluding hydrogens is 342 g/mol. The Morgan fingerprint density at radius 1 is 1.19 bits per heavy atom. The summed E-state index contributed by atoms with van der Waals surface area (Å²) in [5, 5.41) is 33.3. The number of nitrogens with zero attached hydrogens (tertiary/aromatic N) is 1. The standard InChI is InChI=1S/C21H31NO3Si/c1-12-14-10-22-16-7-8-18(26(5,6)21(2,3)4)15(11-23)19(16)13(14)9-17(24)20(12)25/h7-8,10,12,17,20,23-25H,9,11H2,1-6H3. The Balaban J connectivity index is 2.36. The van der Waals surface area contributed by atoms with E-state index >= 15 is 0 Å². The first-order valence-corrected chi connectivity index (χ1v) is 12.4. The minimum atomic E-state index is -1.86. The van der Waals surface area contributed by atoms with Crippen LogP contribution in [0.2, 0.25) is 18.1 Å². The predicted molar refractivity (Wildman–Crippen MR) is 109 cm³/mol. The van der Waals surface area contributed by atoms with Crippen molar-refractivity contribution in [2.75, 3.05) is 0 Å². The Hall–Kier alpha value is -1.27. The van der Waals surface area contributed by atoms with Crippen LogP contribution in [0.15, 0.2) is 18.3 Å². The minimum Gasteiger partial charge on any atom is -0.392 e. The van der Waals surface area contributed by atoms with E-state index in [1.807, 2.05) is 19.2 Å². The van der Waals surface area contributed by atoms with Gasteiger partial charge in [0, 0.05) is 23.9 Å². The topological polar surface area (TPSA) is 73.6 Å². The minimum absolute atomic E-state index is 0.0374. The van der Waals surface area contributed by atoms with E-state index in [9.17, 15) is 15.3 Å². The number of aromatic nitrogens is 1. The Kier molecular flexibility index (Phi) is 4.80. The van der Waals surface area contributed by atoms with Crippen molar-refractivity contribution in [1.82, 2.24) is 4.98 Å². The Labute approximate surface area is 156 Å². The Bertz CT molecular complexity index is 841. The summed E-state index contributed by atoms with van der Waals surface area (Å²) in [6, 6.07) is 4.19. The van der Waals surface area contributed by atoms with Gasteiger partial charge >= 0.3 is 0 Å². The average Bonchev–Trinajstić information content (AvgIpc) is 2.57. The first-order chi connectivity index (χ1) is 12.0. The maximum atomic E-state index is 10.4. The van der Waals surface area contributed by atoms with Crippen LogP contribution in [0.4, 0.5) is 0 Å². The molecule has 1 aromatic carbocycles. The summed E-state index contributed by atoms with van der Waals surface area (Å²) in [5.41, 5.74) is 3.82. The van der Waals surface area contributed by atoms with Crippen molar-refractivity contribution in [3.8, 4) is 0 Å². The van der Waals surface area contributed by atoms with Gasteiger partial charge in [-0.25, -0.2) is 0 Å². The number of aliphatic hydroxyl groups is 3. The number of rotatable bonds is 2. The number of hydrogen-bond acceptors (Lipinski definition) is 4. The third kappa shape index (κ3) is 2.82. The van der Waals surface area contributed by atoms with Gasteiger partial charge in [0.1, 0.15) is 0 Å². The zero-order valence-corrected chi connectivity index (χ0v) is 17.7. The van der Waals surface area contributed by atoms with E-state index in [1.54, 1.807) is 0 Å². The molecule has 3 unspecified atom stereocenters. The summed E-state index contributed by atoms with van der Waals surface area (Å²) in [4.78, 5) is 4.61. The first-order valence-electron chi connectivity index (χ1n) is 9.41. The highest BCUT2D eigenvalue weighted by Gasteiger charge is 2.40. The van der Waals surface area contributed by atoms with Crippen LogP contribution in [0.1, 0.15) is 50.3 Å². The summed E-state index contributed by atoms with van der Waals surface area (Å²) < 4.78 is 0. The summed E-state index contributed by atoms with van der Waals surface area (Å²) in [6.07, 6.45) is 0.660. The molecule has 1 aromatic heterocycles. The quantitative estimate of drug-likeness (QED) is 0.708. The molecule has 26 heavy (non-hydrogen) atoms. The maximum absolute atomic E-state index is 10.4. The molecule has 0 aliphatic heterocycles. The maximum Gasteiger partial charge on any atom is 0.0868 e. The molecule has 0 spiro atoms. The largest absolute Gasteiger partial charge is 0.392 e. The molecule has 1 aliphatic rings. The van der Waals surface area contributed by atoms with Crippen LogP contribution < -0.4 is 5.19 Å². The molecule has 0 fully saturated rings. The molecule has 1 heterocycles. The molecule has 0 amide bonds. The molecule has 142 valence electrons. The van der Waals surface area contributed by atoms with Crippen LogP contribution in [0.3, 0.4) is 0 Å². The predicted octanol–water partition coefficient (Wildman–Crippen LogP) is 2.82. The molecule has 0 saturated heterocycles. The third-order valence-electron chi connectivity index (χ3n) is 6.80. The van der Waals surface area contributed by atoms with Gasteiger partial charge in [-0.15, -0.1) is 0 Å². The van der Waals surface area contributed by atoms with Crippen LogP contribution in [0, 0.1) is 0 Å². The second kappa shape index (κ2) is 6.41. The van der Waals surface area contributed by atoms with Gasteiger partial charge in [0.05, 0.1) is 32.4 Å². The first kappa shape index (κ1) is 19.5. The van der Waals surface area contributed by atoms with E-state index in [0.29, 0.717) is 6.42 Å². The van der Waals surface area contributed by atoms with Gasteiger partial charge in [-0.05, 0) is 27.8 Å². The average molecular weight is 374 g/mol. The molecule has 0 saturated carbocycles. The van der Waals surface area contributed by atoms with Crippen LogP contribution in [-0.4, -0.2) is 40.6 Å². The number of benzene rings is 1. The summed E-state index contributed by atoms with van der Waals surface area (Å²) in [7, 11) is -1.86. The number of pyridine rings is 1. The lowest BCUT2D eigenvalue weighted by Gasteiger charge is -2.39. The van der Waals surface area contributed by atoms with Gasteiger partial charge in [-0.3, -0.25) is 4.98 Å². The second-order valence-electron chi connectivity index (χ2n) is 9.26. The van der Waals surface area contributed by atoms with Crippen molar-refractivity contribution < 1.29 is 15.3 Å². The molecule has 4 nitrogen and oxygen atoms in total. The van der Waals surface area contributed by atoms with E-state index in [1.165, 1.54) is 5.19 Å². The van der Waals surface area contributed by atoms with E-state index < -0.39 is 20.3 Å². The molecular formula is C21H31NO3Si. The molecule has 3 rings (SSSR count). The van der Waals surface area contributed by atoms with E-state index in [-0.39, 0.29) is 17.6 Å². The van der Waals surface area contributed by atoms with Gasteiger partial charge in [0.2, 0.25) is 0 Å². The molecule has 1 aliphatic carbocycles. The smallest absolute Gasteiger partial charge is 0.0868 e. The summed E-state index contributed by atoms with van der Waals surface area (Å²) in [5.74, 6) is -0.172. The van der Waals surface area contributed by atoms with Crippen molar-refractivity contribution in [2.45, 2.75) is 77.0 Å². The lowest BCUT2D eigenvalue weighted by molar-refractivity contribution is -0.000590. The van der Waals surface area contributed by atoms with Crippen molar-refractivity contribution in [3.05, 3.63) is 35.0 Å².